The summed E-state index contributed by atoms with van der Waals surface area (Å²) >= 11 is 0. The lowest BCUT2D eigenvalue weighted by Crippen LogP contribution is -2.60. The van der Waals surface area contributed by atoms with E-state index in [1.807, 2.05) is 4.90 Å². The second-order valence-electron chi connectivity index (χ2n) is 5.19. The quantitative estimate of drug-likeness (QED) is 0.760. The fourth-order valence-electron chi connectivity index (χ4n) is 2.66. The molecule has 0 amide bonds. The molecule has 0 spiro atoms. The number of rotatable bonds is 2. The van der Waals surface area contributed by atoms with Crippen molar-refractivity contribution in [2.45, 2.75) is 5.60 Å². The summed E-state index contributed by atoms with van der Waals surface area (Å²) in [4.78, 5) is 10.1. The summed E-state index contributed by atoms with van der Waals surface area (Å²) in [5.41, 5.74) is 0.177. The predicted molar refractivity (Wildman–Crippen MR) is 73.3 cm³/mol. The van der Waals surface area contributed by atoms with Crippen LogP contribution < -0.4 is 4.90 Å². The molecule has 0 atom stereocenters. The zero-order valence-electron chi connectivity index (χ0n) is 11.0. The van der Waals surface area contributed by atoms with Gasteiger partial charge in [0.25, 0.3) is 0 Å². The van der Waals surface area contributed by atoms with E-state index in [0.717, 1.165) is 5.82 Å². The molecule has 3 heterocycles. The van der Waals surface area contributed by atoms with Crippen molar-refractivity contribution >= 4 is 11.5 Å². The molecule has 1 aliphatic rings. The van der Waals surface area contributed by atoms with Gasteiger partial charge in [-0.25, -0.2) is 9.37 Å². The topological polar surface area (TPSA) is 66.5 Å². The van der Waals surface area contributed by atoms with Gasteiger partial charge >= 0.3 is 0 Å². The third-order valence-corrected chi connectivity index (χ3v) is 3.76. The minimum atomic E-state index is -1.05. The summed E-state index contributed by atoms with van der Waals surface area (Å²) in [6.07, 6.45) is 4.75. The average Bonchev–Trinajstić information content (AvgIpc) is 2.92. The number of aliphatic hydroxyl groups is 1. The van der Waals surface area contributed by atoms with Crippen molar-refractivity contribution in [3.05, 3.63) is 54.4 Å². The fourth-order valence-corrected chi connectivity index (χ4v) is 2.66. The van der Waals surface area contributed by atoms with Gasteiger partial charge in [-0.2, -0.15) is 9.61 Å². The molecule has 6 nitrogen and oxygen atoms in total. The van der Waals surface area contributed by atoms with Crippen LogP contribution in [-0.4, -0.2) is 37.8 Å². The van der Waals surface area contributed by atoms with E-state index in [1.165, 1.54) is 18.5 Å². The Bertz CT molecular complexity index is 812. The van der Waals surface area contributed by atoms with Gasteiger partial charge in [0, 0.05) is 0 Å². The molecule has 1 aliphatic heterocycles. The number of anilines is 1. The van der Waals surface area contributed by atoms with Crippen molar-refractivity contribution in [1.29, 1.82) is 0 Å². The number of hydrogen-bond acceptors (Lipinski definition) is 5. The van der Waals surface area contributed by atoms with Crippen molar-refractivity contribution in [3.8, 4) is 0 Å². The summed E-state index contributed by atoms with van der Waals surface area (Å²) in [7, 11) is 0. The highest BCUT2D eigenvalue weighted by Crippen LogP contribution is 2.35. The molecule has 7 heteroatoms. The smallest absolute Gasteiger partial charge is 0.175 e. The third kappa shape index (κ3) is 1.85. The van der Waals surface area contributed by atoms with E-state index < -0.39 is 5.60 Å². The van der Waals surface area contributed by atoms with Gasteiger partial charge in [0.1, 0.15) is 17.7 Å². The van der Waals surface area contributed by atoms with Crippen LogP contribution in [0.5, 0.6) is 0 Å². The molecule has 0 bridgehead atoms. The molecule has 0 unspecified atom stereocenters. The zero-order valence-corrected chi connectivity index (χ0v) is 11.0. The van der Waals surface area contributed by atoms with Crippen LogP contribution in [0.25, 0.3) is 5.65 Å². The van der Waals surface area contributed by atoms with E-state index in [9.17, 15) is 9.50 Å². The Labute approximate surface area is 119 Å². The molecule has 1 aromatic carbocycles. The minimum Gasteiger partial charge on any atom is -0.381 e. The number of nitrogens with zero attached hydrogens (tertiary/aromatic N) is 5. The molecule has 1 fully saturated rings. The maximum absolute atomic E-state index is 13.3. The predicted octanol–water partition coefficient (Wildman–Crippen LogP) is 0.971. The van der Waals surface area contributed by atoms with Gasteiger partial charge in [-0.15, -0.1) is 0 Å². The third-order valence-electron chi connectivity index (χ3n) is 3.76. The lowest BCUT2D eigenvalue weighted by Gasteiger charge is -2.47. The molecule has 1 N–H and O–H groups in total. The van der Waals surface area contributed by atoms with Crippen molar-refractivity contribution in [2.24, 2.45) is 0 Å². The minimum absolute atomic E-state index is 0.348. The second kappa shape index (κ2) is 4.23. The second-order valence-corrected chi connectivity index (χ2v) is 5.19. The molecule has 21 heavy (non-hydrogen) atoms. The van der Waals surface area contributed by atoms with Gasteiger partial charge in [0.05, 0.1) is 25.5 Å². The number of halogens is 1. The first-order valence-electron chi connectivity index (χ1n) is 6.53. The maximum Gasteiger partial charge on any atom is 0.175 e. The first-order valence-corrected chi connectivity index (χ1v) is 6.53. The summed E-state index contributed by atoms with van der Waals surface area (Å²) in [6, 6.07) is 6.06. The monoisotopic (exact) mass is 285 g/mol. The number of aromatic nitrogens is 4. The highest BCUT2D eigenvalue weighted by atomic mass is 19.1. The van der Waals surface area contributed by atoms with Crippen LogP contribution >= 0.6 is 0 Å². The Morgan fingerprint density at radius 2 is 2.10 bits per heavy atom. The average molecular weight is 285 g/mol. The van der Waals surface area contributed by atoms with Crippen LogP contribution in [0.1, 0.15) is 5.56 Å². The van der Waals surface area contributed by atoms with Crippen molar-refractivity contribution < 1.29 is 9.50 Å². The van der Waals surface area contributed by atoms with Crippen LogP contribution in [0.3, 0.4) is 0 Å². The Morgan fingerprint density at radius 1 is 1.24 bits per heavy atom. The van der Waals surface area contributed by atoms with E-state index in [1.54, 1.807) is 29.0 Å². The van der Waals surface area contributed by atoms with Gasteiger partial charge in [-0.1, -0.05) is 12.1 Å². The van der Waals surface area contributed by atoms with Gasteiger partial charge in [0.2, 0.25) is 0 Å². The van der Waals surface area contributed by atoms with Gasteiger partial charge in [-0.05, 0) is 17.7 Å². The summed E-state index contributed by atoms with van der Waals surface area (Å²) < 4.78 is 15.0. The Morgan fingerprint density at radius 3 is 2.90 bits per heavy atom. The summed E-state index contributed by atoms with van der Waals surface area (Å²) in [6.45, 7) is 0.716. The number of hydrogen-bond donors (Lipinski definition) is 1. The fraction of sp³-hybridized carbons (Fsp3) is 0.214. The Hall–Kier alpha value is -2.54. The normalized spacial score (nSPS) is 17.0. The first-order chi connectivity index (χ1) is 10.2. The largest absolute Gasteiger partial charge is 0.381 e. The zero-order chi connectivity index (χ0) is 14.4. The van der Waals surface area contributed by atoms with Crippen molar-refractivity contribution in [3.63, 3.8) is 0 Å². The van der Waals surface area contributed by atoms with Crippen LogP contribution in [0, 0.1) is 5.82 Å². The molecule has 2 aromatic heterocycles. The first kappa shape index (κ1) is 12.2. The van der Waals surface area contributed by atoms with Gasteiger partial charge in [-0.3, -0.25) is 4.98 Å². The van der Waals surface area contributed by atoms with Gasteiger partial charge in [0.15, 0.2) is 11.5 Å². The molecule has 0 saturated carbocycles. The maximum atomic E-state index is 13.3. The lowest BCUT2D eigenvalue weighted by molar-refractivity contribution is 0.00653. The highest BCUT2D eigenvalue weighted by molar-refractivity contribution is 5.51. The SMILES string of the molecule is OC1(c2cccc(F)c2)CN(c2cncc3ncnn23)C1. The van der Waals surface area contributed by atoms with E-state index in [0.29, 0.717) is 24.3 Å². The number of benzene rings is 1. The lowest BCUT2D eigenvalue weighted by atomic mass is 9.86. The van der Waals surface area contributed by atoms with E-state index in [-0.39, 0.29) is 5.82 Å². The molecule has 0 radical (unpaired) electrons. The number of fused-ring (bicyclic) bond motifs is 1. The molecule has 4 rings (SSSR count). The standard InChI is InChI=1S/C14H12FN5O/c15-11-3-1-2-10(4-11)14(21)7-19(8-14)13-6-16-5-12-17-9-18-20(12)13/h1-6,9,21H,7-8H2. The molecular formula is C14H12FN5O. The number of β-amino-alcohol motifs (C(OH)–C–C–N with tert-alkyl or cyclic N) is 1. The van der Waals surface area contributed by atoms with E-state index >= 15 is 0 Å². The van der Waals surface area contributed by atoms with Gasteiger partial charge < -0.3 is 10.0 Å². The summed E-state index contributed by atoms with van der Waals surface area (Å²) in [5.74, 6) is 0.408. The molecule has 0 aliphatic carbocycles. The van der Waals surface area contributed by atoms with E-state index in [4.69, 9.17) is 0 Å². The van der Waals surface area contributed by atoms with Crippen molar-refractivity contribution in [1.82, 2.24) is 19.6 Å². The highest BCUT2D eigenvalue weighted by Gasteiger charge is 2.44. The molecule has 1 saturated heterocycles. The van der Waals surface area contributed by atoms with Crippen LogP contribution in [0.4, 0.5) is 10.2 Å². The molecular weight excluding hydrogens is 273 g/mol. The van der Waals surface area contributed by atoms with Crippen LogP contribution in [0.2, 0.25) is 0 Å². The van der Waals surface area contributed by atoms with Crippen LogP contribution in [0.15, 0.2) is 43.0 Å². The molecule has 3 aromatic rings. The Balaban J connectivity index is 1.63. The van der Waals surface area contributed by atoms with Crippen LogP contribution in [-0.2, 0) is 5.60 Å². The van der Waals surface area contributed by atoms with E-state index in [2.05, 4.69) is 15.1 Å². The van der Waals surface area contributed by atoms with Crippen molar-refractivity contribution in [2.75, 3.05) is 18.0 Å². The molecule has 106 valence electrons. The Kier molecular flexibility index (Phi) is 2.46. The summed E-state index contributed by atoms with van der Waals surface area (Å²) in [5, 5.41) is 14.7.